The second-order valence-corrected chi connectivity index (χ2v) is 9.13. The van der Waals surface area contributed by atoms with Gasteiger partial charge in [0.05, 0.1) is 0 Å². The Balaban J connectivity index is 0.000000209. The van der Waals surface area contributed by atoms with Crippen molar-refractivity contribution in [1.29, 1.82) is 0 Å². The van der Waals surface area contributed by atoms with E-state index in [1.807, 2.05) is 24.3 Å². The Kier molecular flexibility index (Phi) is 10.9. The van der Waals surface area contributed by atoms with Crippen molar-refractivity contribution in [2.75, 3.05) is 6.16 Å². The van der Waals surface area contributed by atoms with Crippen LogP contribution < -0.4 is 5.30 Å². The van der Waals surface area contributed by atoms with Gasteiger partial charge in [0.2, 0.25) is 0 Å². The monoisotopic (exact) mass is 428 g/mol. The van der Waals surface area contributed by atoms with E-state index in [1.54, 1.807) is 10.9 Å². The largest absolute Gasteiger partial charge is 2.00 e. The average Bonchev–Trinajstić information content (AvgIpc) is 3.55. The van der Waals surface area contributed by atoms with Crippen LogP contribution in [0.5, 0.6) is 0 Å². The Bertz CT molecular complexity index is 687. The van der Waals surface area contributed by atoms with Crippen LogP contribution in [-0.2, 0) is 16.5 Å². The fraction of sp³-hybridized carbons (Fsp3) is 0.231. The Labute approximate surface area is 181 Å². The molecule has 2 unspecified atom stereocenters. The molecule has 0 radical (unpaired) electrons. The molecule has 0 bridgehead atoms. The van der Waals surface area contributed by atoms with Crippen LogP contribution in [0.15, 0.2) is 97.1 Å². The molecule has 0 nitrogen and oxygen atoms in total. The summed E-state index contributed by atoms with van der Waals surface area (Å²) in [5.41, 5.74) is 2.33. The van der Waals surface area contributed by atoms with Crippen molar-refractivity contribution in [1.82, 2.24) is 0 Å². The molecule has 0 amide bonds. The molecule has 1 fully saturated rings. The van der Waals surface area contributed by atoms with Crippen molar-refractivity contribution in [3.8, 4) is 0 Å². The number of hydrogen-bond acceptors (Lipinski definition) is 0. The molecule has 146 valence electrons. The third-order valence-electron chi connectivity index (χ3n) is 4.70. The Hall–Kier alpha value is -1.68. The fourth-order valence-corrected chi connectivity index (χ4v) is 6.43. The van der Waals surface area contributed by atoms with Gasteiger partial charge in [-0.2, -0.15) is 12.2 Å². The third-order valence-corrected chi connectivity index (χ3v) is 7.76. The molecule has 5 rings (SSSR count). The van der Waals surface area contributed by atoms with Crippen LogP contribution in [0.3, 0.4) is 0 Å². The summed E-state index contributed by atoms with van der Waals surface area (Å²) in [6, 6.07) is 22.2. The summed E-state index contributed by atoms with van der Waals surface area (Å²) in [4.78, 5) is 0. The smallest absolute Gasteiger partial charge is 0.273 e. The zero-order valence-corrected chi connectivity index (χ0v) is 18.0. The zero-order valence-electron chi connectivity index (χ0n) is 16.1. The van der Waals surface area contributed by atoms with E-state index in [4.69, 9.17) is 0 Å². The van der Waals surface area contributed by atoms with E-state index in [9.17, 15) is 0 Å². The van der Waals surface area contributed by atoms with Gasteiger partial charge in [-0.25, -0.2) is 24.3 Å². The van der Waals surface area contributed by atoms with Crippen LogP contribution in [0.1, 0.15) is 36.9 Å². The second-order valence-electron chi connectivity index (χ2n) is 6.60. The zero-order chi connectivity index (χ0) is 18.6. The molecule has 2 aliphatic carbocycles. The first-order chi connectivity index (χ1) is 13.4. The molecule has 2 aromatic carbocycles. The number of benzene rings is 2. The minimum absolute atomic E-state index is 0. The first-order valence-electron chi connectivity index (χ1n) is 9.75. The van der Waals surface area contributed by atoms with Gasteiger partial charge in [0, 0.05) is 5.66 Å². The van der Waals surface area contributed by atoms with Crippen molar-refractivity contribution < 1.29 is 16.5 Å². The molecular weight excluding hydrogens is 402 g/mol. The Morgan fingerprint density at radius 1 is 0.750 bits per heavy atom. The van der Waals surface area contributed by atoms with Gasteiger partial charge in [-0.1, -0.05) is 68.6 Å². The quantitative estimate of drug-likeness (QED) is 0.276. The molecule has 1 heterocycles. The maximum absolute atomic E-state index is 2.99. The first-order valence-corrected chi connectivity index (χ1v) is 11.3. The molecule has 28 heavy (non-hydrogen) atoms. The van der Waals surface area contributed by atoms with E-state index >= 15 is 0 Å². The average molecular weight is 429 g/mol. The van der Waals surface area contributed by atoms with Crippen LogP contribution >= 0.6 is 7.92 Å². The van der Waals surface area contributed by atoms with Crippen molar-refractivity contribution in [3.05, 3.63) is 115 Å². The van der Waals surface area contributed by atoms with Gasteiger partial charge >= 0.3 is 16.5 Å². The van der Waals surface area contributed by atoms with E-state index in [1.165, 1.54) is 19.0 Å². The van der Waals surface area contributed by atoms with E-state index in [0.29, 0.717) is 0 Å². The van der Waals surface area contributed by atoms with Gasteiger partial charge in [-0.15, -0.1) is 12.8 Å². The number of hydrogen-bond donors (Lipinski definition) is 0. The molecular formula is C26H27NiP. The topological polar surface area (TPSA) is 0 Å². The minimum Gasteiger partial charge on any atom is -0.273 e. The van der Waals surface area contributed by atoms with Crippen molar-refractivity contribution in [2.24, 2.45) is 0 Å². The van der Waals surface area contributed by atoms with Crippen LogP contribution in [0.4, 0.5) is 0 Å². The predicted octanol–water partition coefficient (Wildman–Crippen LogP) is 6.94. The molecule has 0 spiro atoms. The van der Waals surface area contributed by atoms with Gasteiger partial charge < -0.3 is 0 Å². The summed E-state index contributed by atoms with van der Waals surface area (Å²) in [6.45, 7) is 0. The molecule has 0 N–H and O–H groups in total. The standard InChI is InChI=1S/C16H17P.2C5H5.Ni/c1-3-8-14(9-4-1)16-12-7-13-17(16)15-10-5-2-6-11-15;2*1-2-4-5-3-1;/h1-6,8-11,16H,7,12-13H2;2*1-3H,4H2;/q;2*-1;+2. The fourth-order valence-electron chi connectivity index (χ4n) is 3.40. The van der Waals surface area contributed by atoms with Crippen LogP contribution in [0.2, 0.25) is 0 Å². The Morgan fingerprint density at radius 3 is 1.79 bits per heavy atom. The van der Waals surface area contributed by atoms with Gasteiger partial charge in [-0.3, -0.25) is 12.2 Å². The molecule has 2 aromatic rings. The minimum atomic E-state index is 0. The van der Waals surface area contributed by atoms with Crippen LogP contribution in [-0.4, -0.2) is 6.16 Å². The maximum atomic E-state index is 2.99. The molecule has 1 aliphatic heterocycles. The number of allylic oxidation sites excluding steroid dienone is 8. The van der Waals surface area contributed by atoms with Crippen LogP contribution in [0, 0.1) is 12.2 Å². The summed E-state index contributed by atoms with van der Waals surface area (Å²) in [5, 5.41) is 1.58. The SMILES string of the molecule is [C-]1=CC=CC1.[C-]1=CC=CC1.[Ni+2].c1ccc(C2CCCP2c2ccccc2)cc1. The summed E-state index contributed by atoms with van der Waals surface area (Å²) in [7, 11) is 0.0201. The molecule has 0 saturated carbocycles. The van der Waals surface area contributed by atoms with Crippen molar-refractivity contribution in [2.45, 2.75) is 31.3 Å². The van der Waals surface area contributed by atoms with Crippen molar-refractivity contribution >= 4 is 13.2 Å². The van der Waals surface area contributed by atoms with Gasteiger partial charge in [-0.05, 0) is 29.9 Å². The molecule has 1 saturated heterocycles. The summed E-state index contributed by atoms with van der Waals surface area (Å²) >= 11 is 0. The molecule has 3 aliphatic rings. The van der Waals surface area contributed by atoms with E-state index in [2.05, 4.69) is 85.0 Å². The maximum Gasteiger partial charge on any atom is 2.00 e. The van der Waals surface area contributed by atoms with Gasteiger partial charge in [0.1, 0.15) is 0 Å². The molecule has 2 heteroatoms. The first kappa shape index (κ1) is 22.6. The van der Waals surface area contributed by atoms with E-state index < -0.39 is 0 Å². The second kappa shape index (κ2) is 13.5. The van der Waals surface area contributed by atoms with Gasteiger partial charge in [0.25, 0.3) is 0 Å². The third kappa shape index (κ3) is 7.39. The predicted molar refractivity (Wildman–Crippen MR) is 119 cm³/mol. The Morgan fingerprint density at radius 2 is 1.32 bits per heavy atom. The van der Waals surface area contributed by atoms with E-state index in [-0.39, 0.29) is 24.4 Å². The summed E-state index contributed by atoms with van der Waals surface area (Å²) < 4.78 is 0. The molecule has 2 atom stereocenters. The van der Waals surface area contributed by atoms with E-state index in [0.717, 1.165) is 18.5 Å². The van der Waals surface area contributed by atoms with Crippen LogP contribution in [0.25, 0.3) is 0 Å². The van der Waals surface area contributed by atoms with Gasteiger partial charge in [0.15, 0.2) is 0 Å². The summed E-state index contributed by atoms with van der Waals surface area (Å²) in [6.07, 6.45) is 24.2. The summed E-state index contributed by atoms with van der Waals surface area (Å²) in [5.74, 6) is 0. The molecule has 0 aromatic heterocycles. The number of rotatable bonds is 2. The normalized spacial score (nSPS) is 20.7. The van der Waals surface area contributed by atoms with Crippen molar-refractivity contribution in [3.63, 3.8) is 0 Å².